The van der Waals surface area contributed by atoms with Crippen LogP contribution in [0.3, 0.4) is 0 Å². The van der Waals surface area contributed by atoms with Crippen molar-refractivity contribution in [1.82, 2.24) is 4.90 Å². The maximum absolute atomic E-state index is 12.6. The van der Waals surface area contributed by atoms with E-state index < -0.39 is 6.04 Å². The molecule has 2 aliphatic rings. The van der Waals surface area contributed by atoms with Crippen molar-refractivity contribution >= 4 is 17.5 Å². The molecule has 2 aromatic rings. The van der Waals surface area contributed by atoms with Crippen molar-refractivity contribution in [1.29, 1.82) is 0 Å². The zero-order valence-corrected chi connectivity index (χ0v) is 14.3. The molecule has 0 bridgehead atoms. The molecule has 0 spiro atoms. The second-order valence-electron chi connectivity index (χ2n) is 6.37. The predicted molar refractivity (Wildman–Crippen MR) is 96.6 cm³/mol. The average molecular weight is 352 g/mol. The Morgan fingerprint density at radius 1 is 1.00 bits per heavy atom. The van der Waals surface area contributed by atoms with Crippen LogP contribution in [0.2, 0.25) is 0 Å². The predicted octanol–water partition coefficient (Wildman–Crippen LogP) is 2.70. The summed E-state index contributed by atoms with van der Waals surface area (Å²) < 4.78 is 11.2. The van der Waals surface area contributed by atoms with Gasteiger partial charge in [-0.25, -0.2) is 0 Å². The molecule has 0 radical (unpaired) electrons. The van der Waals surface area contributed by atoms with Gasteiger partial charge in [-0.1, -0.05) is 18.2 Å². The van der Waals surface area contributed by atoms with E-state index in [0.29, 0.717) is 48.9 Å². The highest BCUT2D eigenvalue weighted by molar-refractivity contribution is 6.02. The van der Waals surface area contributed by atoms with Gasteiger partial charge in [0.25, 0.3) is 5.91 Å². The Morgan fingerprint density at radius 3 is 2.50 bits per heavy atom. The summed E-state index contributed by atoms with van der Waals surface area (Å²) in [5.41, 5.74) is 1.24. The summed E-state index contributed by atoms with van der Waals surface area (Å²) in [5.74, 6) is 1.02. The summed E-state index contributed by atoms with van der Waals surface area (Å²) in [6.45, 7) is 1.80. The summed E-state index contributed by atoms with van der Waals surface area (Å²) in [6, 6.07) is 13.9. The quantitative estimate of drug-likeness (QED) is 0.922. The summed E-state index contributed by atoms with van der Waals surface area (Å²) >= 11 is 0. The highest BCUT2D eigenvalue weighted by atomic mass is 16.5. The van der Waals surface area contributed by atoms with E-state index in [-0.39, 0.29) is 11.8 Å². The third-order valence-corrected chi connectivity index (χ3v) is 4.62. The van der Waals surface area contributed by atoms with Gasteiger partial charge in [-0.3, -0.25) is 9.59 Å². The molecular weight excluding hydrogens is 332 g/mol. The molecule has 2 heterocycles. The van der Waals surface area contributed by atoms with Gasteiger partial charge in [0.2, 0.25) is 5.91 Å². The molecule has 26 heavy (non-hydrogen) atoms. The lowest BCUT2D eigenvalue weighted by atomic mass is 10.00. The lowest BCUT2D eigenvalue weighted by molar-refractivity contribution is -0.123. The Labute approximate surface area is 151 Å². The first-order chi connectivity index (χ1) is 12.7. The molecule has 0 aliphatic carbocycles. The third-order valence-electron chi connectivity index (χ3n) is 4.62. The fourth-order valence-electron chi connectivity index (χ4n) is 3.12. The summed E-state index contributed by atoms with van der Waals surface area (Å²) in [6.07, 6.45) is 1.49. The van der Waals surface area contributed by atoms with Crippen molar-refractivity contribution in [2.75, 3.05) is 25.1 Å². The van der Waals surface area contributed by atoms with Gasteiger partial charge in [-0.15, -0.1) is 0 Å². The van der Waals surface area contributed by atoms with Gasteiger partial charge < -0.3 is 19.7 Å². The molecule has 0 unspecified atom stereocenters. The maximum Gasteiger partial charge on any atom is 0.254 e. The number of rotatable bonds is 3. The van der Waals surface area contributed by atoms with Crippen LogP contribution < -0.4 is 14.8 Å². The molecular formula is C20H20N2O4. The van der Waals surface area contributed by atoms with Gasteiger partial charge >= 0.3 is 0 Å². The Balaban J connectivity index is 1.44. The molecule has 1 atom stereocenters. The van der Waals surface area contributed by atoms with Crippen LogP contribution in [0.4, 0.5) is 5.69 Å². The van der Waals surface area contributed by atoms with Crippen LogP contribution in [0.15, 0.2) is 48.5 Å². The lowest BCUT2D eigenvalue weighted by Crippen LogP contribution is -2.56. The van der Waals surface area contributed by atoms with Gasteiger partial charge in [0.05, 0.1) is 13.2 Å². The number of nitrogens with one attached hydrogen (secondary N) is 1. The molecule has 2 aromatic carbocycles. The van der Waals surface area contributed by atoms with Crippen molar-refractivity contribution in [3.05, 3.63) is 54.1 Å². The average Bonchev–Trinajstić information content (AvgIpc) is 2.86. The molecule has 134 valence electrons. The van der Waals surface area contributed by atoms with Crippen LogP contribution in [-0.4, -0.2) is 42.5 Å². The highest BCUT2D eigenvalue weighted by Crippen LogP contribution is 2.32. The number of ether oxygens (including phenoxy) is 2. The van der Waals surface area contributed by atoms with Crippen LogP contribution in [0.25, 0.3) is 0 Å². The number of hydrogen-bond donors (Lipinski definition) is 1. The molecule has 2 aliphatic heterocycles. The number of fused-ring (bicyclic) bond motifs is 1. The van der Waals surface area contributed by atoms with Crippen LogP contribution in [0.5, 0.6) is 11.5 Å². The largest absolute Gasteiger partial charge is 0.490 e. The Bertz CT molecular complexity index is 822. The van der Waals surface area contributed by atoms with Crippen molar-refractivity contribution in [2.45, 2.75) is 18.9 Å². The number of amides is 2. The first kappa shape index (κ1) is 16.4. The first-order valence-corrected chi connectivity index (χ1v) is 8.79. The Hall–Kier alpha value is -3.02. The number of hydrogen-bond acceptors (Lipinski definition) is 4. The number of anilines is 1. The number of nitrogens with zero attached hydrogens (tertiary/aromatic N) is 1. The molecule has 1 saturated heterocycles. The normalized spacial score (nSPS) is 18.5. The van der Waals surface area contributed by atoms with Gasteiger partial charge in [0.15, 0.2) is 11.5 Å². The van der Waals surface area contributed by atoms with E-state index in [0.717, 1.165) is 6.42 Å². The monoisotopic (exact) mass is 352 g/mol. The minimum Gasteiger partial charge on any atom is -0.490 e. The summed E-state index contributed by atoms with van der Waals surface area (Å²) in [7, 11) is 0. The van der Waals surface area contributed by atoms with Gasteiger partial charge in [0.1, 0.15) is 6.04 Å². The van der Waals surface area contributed by atoms with Crippen LogP contribution in [0.1, 0.15) is 23.2 Å². The highest BCUT2D eigenvalue weighted by Gasteiger charge is 2.38. The minimum atomic E-state index is -0.446. The number of carbonyl (C=O) groups is 2. The standard InChI is InChI=1S/C20H20N2O4/c23-19(16-9-10-22(16)20(24)14-5-2-1-3-6-14)21-15-7-8-17-18(13-15)26-12-4-11-25-17/h1-3,5-8,13,16H,4,9-12H2,(H,21,23)/t16-/m1/s1. The molecule has 1 N–H and O–H groups in total. The van der Waals surface area contributed by atoms with E-state index in [2.05, 4.69) is 5.32 Å². The molecule has 1 fully saturated rings. The fourth-order valence-corrected chi connectivity index (χ4v) is 3.12. The summed E-state index contributed by atoms with van der Waals surface area (Å²) in [4.78, 5) is 26.7. The van der Waals surface area contributed by atoms with Crippen LogP contribution in [-0.2, 0) is 4.79 Å². The van der Waals surface area contributed by atoms with Crippen molar-refractivity contribution in [2.24, 2.45) is 0 Å². The second-order valence-corrected chi connectivity index (χ2v) is 6.37. The molecule has 0 aromatic heterocycles. The van der Waals surface area contributed by atoms with E-state index >= 15 is 0 Å². The van der Waals surface area contributed by atoms with Crippen LogP contribution >= 0.6 is 0 Å². The smallest absolute Gasteiger partial charge is 0.254 e. The van der Waals surface area contributed by atoms with Crippen LogP contribution in [0, 0.1) is 0 Å². The first-order valence-electron chi connectivity index (χ1n) is 8.79. The van der Waals surface area contributed by atoms with Crippen molar-refractivity contribution < 1.29 is 19.1 Å². The fraction of sp³-hybridized carbons (Fsp3) is 0.300. The third kappa shape index (κ3) is 3.22. The molecule has 6 heteroatoms. The van der Waals surface area contributed by atoms with E-state index in [1.165, 1.54) is 0 Å². The van der Waals surface area contributed by atoms with Crippen molar-refractivity contribution in [3.63, 3.8) is 0 Å². The zero-order valence-electron chi connectivity index (χ0n) is 14.3. The van der Waals surface area contributed by atoms with E-state index in [1.54, 1.807) is 35.2 Å². The molecule has 0 saturated carbocycles. The van der Waals surface area contributed by atoms with Crippen molar-refractivity contribution in [3.8, 4) is 11.5 Å². The van der Waals surface area contributed by atoms with E-state index in [1.807, 2.05) is 18.2 Å². The minimum absolute atomic E-state index is 0.115. The van der Waals surface area contributed by atoms with Gasteiger partial charge in [-0.2, -0.15) is 0 Å². The maximum atomic E-state index is 12.6. The lowest BCUT2D eigenvalue weighted by Gasteiger charge is -2.39. The number of benzene rings is 2. The SMILES string of the molecule is O=C(Nc1ccc2c(c1)OCCCO2)[C@H]1CCN1C(=O)c1ccccc1. The summed E-state index contributed by atoms with van der Waals surface area (Å²) in [5, 5.41) is 2.88. The number of likely N-dealkylation sites (tertiary alicyclic amines) is 1. The molecule has 2 amide bonds. The van der Waals surface area contributed by atoms with E-state index in [4.69, 9.17) is 9.47 Å². The topological polar surface area (TPSA) is 67.9 Å². The van der Waals surface area contributed by atoms with Gasteiger partial charge in [0, 0.05) is 30.3 Å². The molecule has 6 nitrogen and oxygen atoms in total. The molecule has 4 rings (SSSR count). The number of carbonyl (C=O) groups excluding carboxylic acids is 2. The zero-order chi connectivity index (χ0) is 17.9. The second kappa shape index (κ2) is 7.07. The van der Waals surface area contributed by atoms with Gasteiger partial charge in [-0.05, 0) is 30.7 Å². The Morgan fingerprint density at radius 2 is 1.77 bits per heavy atom. The van der Waals surface area contributed by atoms with E-state index in [9.17, 15) is 9.59 Å². The Kier molecular flexibility index (Phi) is 4.48.